The molecule has 0 spiro atoms. The van der Waals surface area contributed by atoms with Gasteiger partial charge in [0.05, 0.1) is 13.2 Å². The Morgan fingerprint density at radius 1 is 1.53 bits per heavy atom. The lowest BCUT2D eigenvalue weighted by molar-refractivity contribution is -0.143. The van der Waals surface area contributed by atoms with Crippen LogP contribution in [0.15, 0.2) is 0 Å². The van der Waals surface area contributed by atoms with Crippen LogP contribution in [0.25, 0.3) is 0 Å². The van der Waals surface area contributed by atoms with Crippen molar-refractivity contribution in [2.24, 2.45) is 0 Å². The molecule has 1 unspecified atom stereocenters. The van der Waals surface area contributed by atoms with Gasteiger partial charge >= 0.3 is 6.18 Å². The van der Waals surface area contributed by atoms with Gasteiger partial charge in [0.25, 0.3) is 0 Å². The van der Waals surface area contributed by atoms with Crippen molar-refractivity contribution in [3.05, 3.63) is 0 Å². The number of alkyl halides is 3. The van der Waals surface area contributed by atoms with E-state index in [0.717, 1.165) is 6.54 Å². The number of hydrogen-bond acceptors (Lipinski definition) is 4. The highest BCUT2D eigenvalue weighted by atomic mass is 19.4. The summed E-state index contributed by atoms with van der Waals surface area (Å²) in [6.07, 6.45) is -4.21. The van der Waals surface area contributed by atoms with Gasteiger partial charge in [0.1, 0.15) is 6.10 Å². The van der Waals surface area contributed by atoms with Gasteiger partial charge in [-0.1, -0.05) is 0 Å². The first kappa shape index (κ1) is 16.2. The van der Waals surface area contributed by atoms with Crippen LogP contribution in [0, 0.1) is 0 Å². The Kier molecular flexibility index (Phi) is 6.53. The normalized spacial score (nSPS) is 20.6. The van der Waals surface area contributed by atoms with E-state index in [4.69, 9.17) is 4.74 Å². The first-order chi connectivity index (χ1) is 8.88. The molecule has 1 aliphatic rings. The van der Waals surface area contributed by atoms with Crippen molar-refractivity contribution >= 4 is 5.91 Å². The summed E-state index contributed by atoms with van der Waals surface area (Å²) in [7, 11) is 1.41. The number of carbonyl (C=O) groups is 1. The molecule has 0 aromatic heterocycles. The highest BCUT2D eigenvalue weighted by molar-refractivity contribution is 5.81. The number of halogens is 3. The standard InChI is InChI=1S/C11H20F3N3O2/c1-17(8-11(12,13)14)5-2-3-16-10(18)9-7-15-4-6-19-9/h9,15H,2-8H2,1H3,(H,16,18). The van der Waals surface area contributed by atoms with Crippen molar-refractivity contribution < 1.29 is 22.7 Å². The van der Waals surface area contributed by atoms with Crippen molar-refractivity contribution in [1.29, 1.82) is 0 Å². The molecular formula is C11H20F3N3O2. The summed E-state index contributed by atoms with van der Waals surface area (Å²) in [4.78, 5) is 12.8. The molecule has 1 aliphatic heterocycles. The van der Waals surface area contributed by atoms with E-state index in [0.29, 0.717) is 26.1 Å². The van der Waals surface area contributed by atoms with Crippen molar-refractivity contribution in [3.63, 3.8) is 0 Å². The smallest absolute Gasteiger partial charge is 0.366 e. The lowest BCUT2D eigenvalue weighted by Crippen LogP contribution is -2.48. The zero-order chi connectivity index (χ0) is 14.3. The minimum atomic E-state index is -4.18. The largest absolute Gasteiger partial charge is 0.401 e. The van der Waals surface area contributed by atoms with Crippen LogP contribution in [0.2, 0.25) is 0 Å². The Morgan fingerprint density at radius 2 is 2.26 bits per heavy atom. The van der Waals surface area contributed by atoms with E-state index >= 15 is 0 Å². The van der Waals surface area contributed by atoms with Crippen LogP contribution in [-0.4, -0.2) is 69.5 Å². The Bertz CT molecular complexity index is 281. The molecule has 112 valence electrons. The Labute approximate surface area is 110 Å². The molecule has 0 aromatic rings. The molecule has 0 aliphatic carbocycles. The number of rotatable bonds is 6. The van der Waals surface area contributed by atoms with E-state index in [1.807, 2.05) is 0 Å². The lowest BCUT2D eigenvalue weighted by Gasteiger charge is -2.23. The fourth-order valence-corrected chi connectivity index (χ4v) is 1.79. The predicted molar refractivity (Wildman–Crippen MR) is 63.8 cm³/mol. The number of nitrogens with zero attached hydrogens (tertiary/aromatic N) is 1. The zero-order valence-corrected chi connectivity index (χ0v) is 10.9. The zero-order valence-electron chi connectivity index (χ0n) is 10.9. The van der Waals surface area contributed by atoms with Gasteiger partial charge in [-0.25, -0.2) is 0 Å². The molecule has 1 rings (SSSR count). The molecule has 1 atom stereocenters. The molecule has 1 saturated heterocycles. The second-order valence-electron chi connectivity index (χ2n) is 4.56. The quantitative estimate of drug-likeness (QED) is 0.673. The van der Waals surface area contributed by atoms with Crippen LogP contribution in [0.4, 0.5) is 13.2 Å². The van der Waals surface area contributed by atoms with E-state index < -0.39 is 18.8 Å². The van der Waals surface area contributed by atoms with Gasteiger partial charge in [-0.15, -0.1) is 0 Å². The Morgan fingerprint density at radius 3 is 2.84 bits per heavy atom. The van der Waals surface area contributed by atoms with Crippen LogP contribution in [-0.2, 0) is 9.53 Å². The lowest BCUT2D eigenvalue weighted by atomic mass is 10.3. The van der Waals surface area contributed by atoms with Crippen LogP contribution in [0.5, 0.6) is 0 Å². The van der Waals surface area contributed by atoms with Gasteiger partial charge in [0.2, 0.25) is 5.91 Å². The van der Waals surface area contributed by atoms with E-state index in [-0.39, 0.29) is 12.5 Å². The van der Waals surface area contributed by atoms with Gasteiger partial charge in [-0.3, -0.25) is 9.69 Å². The molecule has 1 amide bonds. The fraction of sp³-hybridized carbons (Fsp3) is 0.909. The minimum Gasteiger partial charge on any atom is -0.366 e. The predicted octanol–water partition coefficient (Wildman–Crippen LogP) is -0.0248. The van der Waals surface area contributed by atoms with Gasteiger partial charge in [-0.2, -0.15) is 13.2 Å². The number of morpholine rings is 1. The highest BCUT2D eigenvalue weighted by Gasteiger charge is 2.28. The molecule has 5 nitrogen and oxygen atoms in total. The van der Waals surface area contributed by atoms with Crippen LogP contribution in [0.3, 0.4) is 0 Å². The monoisotopic (exact) mass is 283 g/mol. The fourth-order valence-electron chi connectivity index (χ4n) is 1.79. The number of hydrogen-bond donors (Lipinski definition) is 2. The summed E-state index contributed by atoms with van der Waals surface area (Å²) in [6, 6.07) is 0. The molecule has 8 heteroatoms. The van der Waals surface area contributed by atoms with Gasteiger partial charge in [-0.05, 0) is 20.0 Å². The molecule has 19 heavy (non-hydrogen) atoms. The average Bonchev–Trinajstić information content (AvgIpc) is 2.33. The van der Waals surface area contributed by atoms with Crippen molar-refractivity contribution in [2.45, 2.75) is 18.7 Å². The summed E-state index contributed by atoms with van der Waals surface area (Å²) < 4.78 is 41.4. The maximum Gasteiger partial charge on any atom is 0.401 e. The van der Waals surface area contributed by atoms with Crippen LogP contribution in [0.1, 0.15) is 6.42 Å². The number of ether oxygens (including phenoxy) is 1. The third kappa shape index (κ3) is 7.34. The second kappa shape index (κ2) is 7.66. The topological polar surface area (TPSA) is 53.6 Å². The summed E-state index contributed by atoms with van der Waals surface area (Å²) >= 11 is 0. The van der Waals surface area contributed by atoms with Gasteiger partial charge in [0, 0.05) is 19.6 Å². The molecule has 1 fully saturated rings. The first-order valence-electron chi connectivity index (χ1n) is 6.24. The van der Waals surface area contributed by atoms with Crippen molar-refractivity contribution in [2.75, 3.05) is 46.4 Å². The molecule has 0 aromatic carbocycles. The average molecular weight is 283 g/mol. The number of nitrogens with one attached hydrogen (secondary N) is 2. The van der Waals surface area contributed by atoms with Crippen molar-refractivity contribution in [3.8, 4) is 0 Å². The Hall–Kier alpha value is -0.860. The highest BCUT2D eigenvalue weighted by Crippen LogP contribution is 2.15. The molecule has 0 saturated carbocycles. The van der Waals surface area contributed by atoms with Gasteiger partial charge in [0.15, 0.2) is 0 Å². The molecule has 1 heterocycles. The summed E-state index contributed by atoms with van der Waals surface area (Å²) in [6.45, 7) is 1.39. The minimum absolute atomic E-state index is 0.217. The molecule has 2 N–H and O–H groups in total. The molecule has 0 radical (unpaired) electrons. The molecule has 0 bridgehead atoms. The van der Waals surface area contributed by atoms with E-state index in [2.05, 4.69) is 10.6 Å². The number of carbonyl (C=O) groups excluding carboxylic acids is 1. The summed E-state index contributed by atoms with van der Waals surface area (Å²) in [5, 5.41) is 5.69. The maximum atomic E-state index is 12.1. The number of amides is 1. The van der Waals surface area contributed by atoms with Gasteiger partial charge < -0.3 is 15.4 Å². The Balaban J connectivity index is 2.08. The van der Waals surface area contributed by atoms with E-state index in [1.165, 1.54) is 11.9 Å². The first-order valence-corrected chi connectivity index (χ1v) is 6.24. The maximum absolute atomic E-state index is 12.1. The SMILES string of the molecule is CN(CCCNC(=O)C1CNCCO1)CC(F)(F)F. The third-order valence-electron chi connectivity index (χ3n) is 2.69. The summed E-state index contributed by atoms with van der Waals surface area (Å²) in [5.74, 6) is -0.217. The van der Waals surface area contributed by atoms with E-state index in [1.54, 1.807) is 0 Å². The second-order valence-corrected chi connectivity index (χ2v) is 4.56. The molecular weight excluding hydrogens is 263 g/mol. The van der Waals surface area contributed by atoms with Crippen molar-refractivity contribution in [1.82, 2.24) is 15.5 Å². The van der Waals surface area contributed by atoms with Crippen LogP contribution < -0.4 is 10.6 Å². The van der Waals surface area contributed by atoms with Crippen LogP contribution >= 0.6 is 0 Å². The van der Waals surface area contributed by atoms with E-state index in [9.17, 15) is 18.0 Å². The summed E-state index contributed by atoms with van der Waals surface area (Å²) in [5.41, 5.74) is 0. The third-order valence-corrected chi connectivity index (χ3v) is 2.69.